The number of benzene rings is 1. The molecule has 5 nitrogen and oxygen atoms in total. The number of nitrogens with one attached hydrogen (secondary N) is 2. The summed E-state index contributed by atoms with van der Waals surface area (Å²) in [6.07, 6.45) is 0.855. The number of rotatable bonds is 6. The molecule has 19 heavy (non-hydrogen) atoms. The van der Waals surface area contributed by atoms with Crippen molar-refractivity contribution in [2.75, 3.05) is 7.05 Å². The second-order valence-corrected chi connectivity index (χ2v) is 4.46. The van der Waals surface area contributed by atoms with Crippen LogP contribution >= 0.6 is 0 Å². The first-order valence-electron chi connectivity index (χ1n) is 6.36. The van der Waals surface area contributed by atoms with Crippen LogP contribution in [0, 0.1) is 0 Å². The first-order valence-corrected chi connectivity index (χ1v) is 6.36. The van der Waals surface area contributed by atoms with Crippen LogP contribution in [0.4, 0.5) is 0 Å². The summed E-state index contributed by atoms with van der Waals surface area (Å²) < 4.78 is 0. The van der Waals surface area contributed by atoms with E-state index in [-0.39, 0.29) is 17.9 Å². The molecule has 2 amide bonds. The van der Waals surface area contributed by atoms with Crippen LogP contribution in [0.15, 0.2) is 30.3 Å². The topological polar surface area (TPSA) is 84.2 Å². The van der Waals surface area contributed by atoms with Gasteiger partial charge in [0.05, 0.1) is 0 Å². The molecule has 0 aliphatic rings. The lowest BCUT2D eigenvalue weighted by Gasteiger charge is -2.14. The molecule has 0 aliphatic heterocycles. The third-order valence-electron chi connectivity index (χ3n) is 2.93. The predicted octanol–water partition coefficient (Wildman–Crippen LogP) is 0.717. The summed E-state index contributed by atoms with van der Waals surface area (Å²) in [5.41, 5.74) is 7.01. The van der Waals surface area contributed by atoms with Crippen LogP contribution < -0.4 is 16.4 Å². The van der Waals surface area contributed by atoms with Gasteiger partial charge in [0.15, 0.2) is 0 Å². The van der Waals surface area contributed by atoms with Gasteiger partial charge in [0, 0.05) is 19.5 Å². The largest absolute Gasteiger partial charge is 0.357 e. The van der Waals surface area contributed by atoms with Gasteiger partial charge in [-0.2, -0.15) is 0 Å². The average molecular weight is 263 g/mol. The summed E-state index contributed by atoms with van der Waals surface area (Å²) in [6, 6.07) is 8.96. The fourth-order valence-corrected chi connectivity index (χ4v) is 1.75. The number of nitrogens with two attached hydrogens (primary N) is 1. The summed E-state index contributed by atoms with van der Waals surface area (Å²) >= 11 is 0. The Morgan fingerprint density at radius 3 is 2.47 bits per heavy atom. The van der Waals surface area contributed by atoms with Crippen LogP contribution in [0.25, 0.3) is 0 Å². The first-order chi connectivity index (χ1) is 9.04. The SMILES string of the molecule is CNC(=O)C(C)NC(=O)CCC(N)c1ccccc1. The van der Waals surface area contributed by atoms with E-state index in [4.69, 9.17) is 5.73 Å². The van der Waals surface area contributed by atoms with Gasteiger partial charge >= 0.3 is 0 Å². The van der Waals surface area contributed by atoms with Crippen molar-refractivity contribution in [2.45, 2.75) is 31.8 Å². The van der Waals surface area contributed by atoms with Gasteiger partial charge in [-0.25, -0.2) is 0 Å². The van der Waals surface area contributed by atoms with Crippen LogP contribution in [0.5, 0.6) is 0 Å². The zero-order chi connectivity index (χ0) is 14.3. The van der Waals surface area contributed by atoms with Gasteiger partial charge in [-0.15, -0.1) is 0 Å². The molecule has 1 aromatic rings. The van der Waals surface area contributed by atoms with E-state index in [1.54, 1.807) is 6.92 Å². The van der Waals surface area contributed by atoms with E-state index in [1.807, 2.05) is 30.3 Å². The Balaban J connectivity index is 2.36. The Hall–Kier alpha value is -1.88. The van der Waals surface area contributed by atoms with Crippen molar-refractivity contribution in [1.29, 1.82) is 0 Å². The van der Waals surface area contributed by atoms with Crippen LogP contribution in [0.2, 0.25) is 0 Å². The maximum atomic E-state index is 11.7. The summed E-state index contributed by atoms with van der Waals surface area (Å²) in [5.74, 6) is -0.372. The molecule has 0 aliphatic carbocycles. The quantitative estimate of drug-likeness (QED) is 0.707. The van der Waals surface area contributed by atoms with Crippen molar-refractivity contribution in [3.05, 3.63) is 35.9 Å². The molecular weight excluding hydrogens is 242 g/mol. The molecule has 2 unspecified atom stereocenters. The number of likely N-dealkylation sites (N-methyl/N-ethyl adjacent to an activating group) is 1. The smallest absolute Gasteiger partial charge is 0.242 e. The van der Waals surface area contributed by atoms with E-state index in [0.29, 0.717) is 12.8 Å². The van der Waals surface area contributed by atoms with Gasteiger partial charge in [0.1, 0.15) is 6.04 Å². The molecule has 0 spiro atoms. The van der Waals surface area contributed by atoms with Crippen LogP contribution in [0.1, 0.15) is 31.4 Å². The number of carbonyl (C=O) groups is 2. The van der Waals surface area contributed by atoms with Gasteiger partial charge in [-0.3, -0.25) is 9.59 Å². The number of carbonyl (C=O) groups excluding carboxylic acids is 2. The van der Waals surface area contributed by atoms with Crippen molar-refractivity contribution in [3.8, 4) is 0 Å². The molecule has 0 aromatic heterocycles. The Morgan fingerprint density at radius 1 is 1.26 bits per heavy atom. The fraction of sp³-hybridized carbons (Fsp3) is 0.429. The molecule has 0 fully saturated rings. The van der Waals surface area contributed by atoms with Crippen molar-refractivity contribution in [1.82, 2.24) is 10.6 Å². The summed E-state index contributed by atoms with van der Waals surface area (Å²) in [4.78, 5) is 22.9. The Morgan fingerprint density at radius 2 is 1.89 bits per heavy atom. The van der Waals surface area contributed by atoms with Crippen molar-refractivity contribution >= 4 is 11.8 Å². The second-order valence-electron chi connectivity index (χ2n) is 4.46. The molecule has 4 N–H and O–H groups in total. The zero-order valence-electron chi connectivity index (χ0n) is 11.3. The Labute approximate surface area is 113 Å². The lowest BCUT2D eigenvalue weighted by atomic mass is 10.0. The molecule has 0 saturated carbocycles. The molecule has 104 valence electrons. The minimum atomic E-state index is -0.523. The van der Waals surface area contributed by atoms with E-state index in [0.717, 1.165) is 5.56 Å². The monoisotopic (exact) mass is 263 g/mol. The zero-order valence-corrected chi connectivity index (χ0v) is 11.3. The van der Waals surface area contributed by atoms with E-state index < -0.39 is 6.04 Å². The van der Waals surface area contributed by atoms with Gasteiger partial charge in [-0.1, -0.05) is 30.3 Å². The van der Waals surface area contributed by atoms with E-state index >= 15 is 0 Å². The highest BCUT2D eigenvalue weighted by Gasteiger charge is 2.15. The third-order valence-corrected chi connectivity index (χ3v) is 2.93. The Bertz CT molecular complexity index is 420. The molecule has 0 saturated heterocycles. The maximum absolute atomic E-state index is 11.7. The lowest BCUT2D eigenvalue weighted by Crippen LogP contribution is -2.43. The highest BCUT2D eigenvalue weighted by molar-refractivity contribution is 5.87. The molecule has 2 atom stereocenters. The Kier molecular flexibility index (Phi) is 6.02. The summed E-state index contributed by atoms with van der Waals surface area (Å²) in [5, 5.41) is 5.11. The molecule has 0 bridgehead atoms. The van der Waals surface area contributed by atoms with E-state index in [1.165, 1.54) is 7.05 Å². The average Bonchev–Trinajstić information content (AvgIpc) is 2.44. The van der Waals surface area contributed by atoms with Gasteiger partial charge in [0.25, 0.3) is 0 Å². The first kappa shape index (κ1) is 15.2. The number of hydrogen-bond acceptors (Lipinski definition) is 3. The van der Waals surface area contributed by atoms with Crippen molar-refractivity contribution in [3.63, 3.8) is 0 Å². The molecule has 0 heterocycles. The van der Waals surface area contributed by atoms with Gasteiger partial charge in [-0.05, 0) is 18.9 Å². The highest BCUT2D eigenvalue weighted by Crippen LogP contribution is 2.14. The van der Waals surface area contributed by atoms with E-state index in [2.05, 4.69) is 10.6 Å². The van der Waals surface area contributed by atoms with Crippen molar-refractivity contribution in [2.24, 2.45) is 5.73 Å². The van der Waals surface area contributed by atoms with Gasteiger partial charge in [0.2, 0.25) is 11.8 Å². The maximum Gasteiger partial charge on any atom is 0.242 e. The molecule has 0 radical (unpaired) electrons. The summed E-state index contributed by atoms with van der Waals surface area (Å²) in [7, 11) is 1.54. The molecular formula is C14H21N3O2. The van der Waals surface area contributed by atoms with Crippen molar-refractivity contribution < 1.29 is 9.59 Å². The highest BCUT2D eigenvalue weighted by atomic mass is 16.2. The number of hydrogen-bond donors (Lipinski definition) is 3. The minimum absolute atomic E-state index is 0.164. The normalized spacial score (nSPS) is 13.4. The number of amides is 2. The third kappa shape index (κ3) is 5.09. The predicted molar refractivity (Wildman–Crippen MR) is 74.3 cm³/mol. The lowest BCUT2D eigenvalue weighted by molar-refractivity contribution is -0.128. The minimum Gasteiger partial charge on any atom is -0.357 e. The van der Waals surface area contributed by atoms with Crippen LogP contribution in [-0.2, 0) is 9.59 Å². The molecule has 1 aromatic carbocycles. The van der Waals surface area contributed by atoms with Crippen LogP contribution in [0.3, 0.4) is 0 Å². The summed E-state index contributed by atoms with van der Waals surface area (Å²) in [6.45, 7) is 1.65. The van der Waals surface area contributed by atoms with Crippen LogP contribution in [-0.4, -0.2) is 24.9 Å². The molecule has 1 rings (SSSR count). The van der Waals surface area contributed by atoms with Gasteiger partial charge < -0.3 is 16.4 Å². The standard InChI is InChI=1S/C14H21N3O2/c1-10(14(19)16-2)17-13(18)9-8-12(15)11-6-4-3-5-7-11/h3-7,10,12H,8-9,15H2,1-2H3,(H,16,19)(H,17,18). The van der Waals surface area contributed by atoms with E-state index in [9.17, 15) is 9.59 Å². The second kappa shape index (κ2) is 7.53. The fourth-order valence-electron chi connectivity index (χ4n) is 1.75. The molecule has 5 heteroatoms.